The van der Waals surface area contributed by atoms with Crippen LogP contribution in [-0.2, 0) is 0 Å². The number of anilines is 2. The van der Waals surface area contributed by atoms with Gasteiger partial charge >= 0.3 is 5.97 Å². The van der Waals surface area contributed by atoms with Gasteiger partial charge in [-0.05, 0) is 36.8 Å². The van der Waals surface area contributed by atoms with Crippen molar-refractivity contribution in [3.05, 3.63) is 17.8 Å². The molecule has 1 fully saturated rings. The number of nitrogens with one attached hydrogen (secondary N) is 1. The zero-order valence-corrected chi connectivity index (χ0v) is 11.4. The molecule has 1 saturated carbocycles. The molecule has 0 amide bonds. The Morgan fingerprint density at radius 1 is 1.53 bits per heavy atom. The summed E-state index contributed by atoms with van der Waals surface area (Å²) < 4.78 is 0. The van der Waals surface area contributed by atoms with Gasteiger partial charge in [0.25, 0.3) is 0 Å². The lowest BCUT2D eigenvalue weighted by Gasteiger charge is -2.36. The third-order valence-corrected chi connectivity index (χ3v) is 3.69. The van der Waals surface area contributed by atoms with Gasteiger partial charge in [0.15, 0.2) is 5.69 Å². The van der Waals surface area contributed by atoms with E-state index in [4.69, 9.17) is 10.8 Å². The van der Waals surface area contributed by atoms with E-state index in [0.29, 0.717) is 23.0 Å². The van der Waals surface area contributed by atoms with Crippen molar-refractivity contribution in [3.8, 4) is 0 Å². The summed E-state index contributed by atoms with van der Waals surface area (Å²) in [4.78, 5) is 15.0. The smallest absolute Gasteiger partial charge is 0.354 e. The molecule has 19 heavy (non-hydrogen) atoms. The Bertz CT molecular complexity index is 486. The Kier molecular flexibility index (Phi) is 3.64. The first-order valence-electron chi connectivity index (χ1n) is 6.64. The first-order chi connectivity index (χ1) is 8.87. The Morgan fingerprint density at radius 3 is 2.89 bits per heavy atom. The van der Waals surface area contributed by atoms with Gasteiger partial charge in [-0.25, -0.2) is 9.78 Å². The maximum atomic E-state index is 10.9. The largest absolute Gasteiger partial charge is 0.477 e. The molecule has 0 spiro atoms. The molecule has 0 aromatic carbocycles. The van der Waals surface area contributed by atoms with Crippen LogP contribution in [0.25, 0.3) is 0 Å². The third-order valence-electron chi connectivity index (χ3n) is 3.69. The van der Waals surface area contributed by atoms with E-state index in [-0.39, 0.29) is 5.69 Å². The van der Waals surface area contributed by atoms with Gasteiger partial charge in [-0.3, -0.25) is 0 Å². The van der Waals surface area contributed by atoms with Crippen LogP contribution in [0.15, 0.2) is 12.1 Å². The average molecular weight is 263 g/mol. The number of carboxylic acid groups (broad SMARTS) is 1. The number of nitrogens with zero attached hydrogens (tertiary/aromatic N) is 1. The molecule has 0 saturated heterocycles. The molecule has 1 unspecified atom stereocenters. The van der Waals surface area contributed by atoms with Crippen LogP contribution in [0, 0.1) is 5.41 Å². The molecule has 104 valence electrons. The van der Waals surface area contributed by atoms with Crippen molar-refractivity contribution < 1.29 is 9.90 Å². The number of hydrogen-bond donors (Lipinski definition) is 3. The molecule has 5 nitrogen and oxygen atoms in total. The average Bonchev–Trinajstić information content (AvgIpc) is 2.30. The number of aromatic nitrogens is 1. The summed E-state index contributed by atoms with van der Waals surface area (Å²) >= 11 is 0. The molecule has 1 aromatic heterocycles. The number of nitrogen functional groups attached to an aromatic ring is 1. The van der Waals surface area contributed by atoms with Crippen LogP contribution < -0.4 is 11.1 Å². The maximum absolute atomic E-state index is 10.9. The monoisotopic (exact) mass is 263 g/mol. The second-order valence-electron chi connectivity index (χ2n) is 6.04. The number of carboxylic acids is 1. The number of rotatable bonds is 3. The second kappa shape index (κ2) is 5.07. The van der Waals surface area contributed by atoms with Crippen molar-refractivity contribution in [1.29, 1.82) is 0 Å². The van der Waals surface area contributed by atoms with E-state index in [9.17, 15) is 4.79 Å². The minimum atomic E-state index is -1.04. The summed E-state index contributed by atoms with van der Waals surface area (Å²) in [5.74, 6) is -0.547. The van der Waals surface area contributed by atoms with Gasteiger partial charge in [0.05, 0.1) is 5.69 Å². The highest BCUT2D eigenvalue weighted by molar-refractivity contribution is 5.86. The molecule has 1 heterocycles. The predicted octanol–water partition coefficient (Wildman–Crippen LogP) is 2.74. The Morgan fingerprint density at radius 2 is 2.26 bits per heavy atom. The molecular weight excluding hydrogens is 242 g/mol. The van der Waals surface area contributed by atoms with Crippen LogP contribution in [0.4, 0.5) is 11.5 Å². The summed E-state index contributed by atoms with van der Waals surface area (Å²) in [5.41, 5.74) is 6.69. The van der Waals surface area contributed by atoms with Crippen molar-refractivity contribution in [2.24, 2.45) is 5.41 Å². The maximum Gasteiger partial charge on any atom is 0.354 e. The minimum Gasteiger partial charge on any atom is -0.477 e. The SMILES string of the molecule is CC1(C)CCCC(Nc2nc(C(=O)O)ccc2N)C1. The van der Waals surface area contributed by atoms with Gasteiger partial charge < -0.3 is 16.2 Å². The van der Waals surface area contributed by atoms with Crippen molar-refractivity contribution in [1.82, 2.24) is 4.98 Å². The molecular formula is C14H21N3O2. The van der Waals surface area contributed by atoms with Gasteiger partial charge in [-0.15, -0.1) is 0 Å². The number of nitrogens with two attached hydrogens (primary N) is 1. The lowest BCUT2D eigenvalue weighted by Crippen LogP contribution is -2.32. The third kappa shape index (κ3) is 3.36. The highest BCUT2D eigenvalue weighted by Crippen LogP contribution is 2.36. The Labute approximate surface area is 113 Å². The lowest BCUT2D eigenvalue weighted by atomic mass is 9.75. The highest BCUT2D eigenvalue weighted by atomic mass is 16.4. The van der Waals surface area contributed by atoms with Crippen LogP contribution >= 0.6 is 0 Å². The first-order valence-corrected chi connectivity index (χ1v) is 6.64. The van der Waals surface area contributed by atoms with E-state index in [0.717, 1.165) is 12.8 Å². The Hall–Kier alpha value is -1.78. The number of aromatic carboxylic acids is 1. The van der Waals surface area contributed by atoms with Crippen molar-refractivity contribution in [2.45, 2.75) is 45.6 Å². The molecule has 0 aliphatic heterocycles. The van der Waals surface area contributed by atoms with Crippen molar-refractivity contribution in [2.75, 3.05) is 11.1 Å². The van der Waals surface area contributed by atoms with Crippen molar-refractivity contribution >= 4 is 17.5 Å². The molecule has 1 aromatic rings. The van der Waals surface area contributed by atoms with E-state index in [1.54, 1.807) is 6.07 Å². The normalized spacial score (nSPS) is 21.9. The van der Waals surface area contributed by atoms with E-state index >= 15 is 0 Å². The minimum absolute atomic E-state index is 0.0202. The molecule has 1 aliphatic rings. The standard InChI is InChI=1S/C14H21N3O2/c1-14(2)7-3-4-9(8-14)16-12-10(15)5-6-11(17-12)13(18)19/h5-6,9H,3-4,7-8,15H2,1-2H3,(H,16,17)(H,18,19). The topological polar surface area (TPSA) is 88.2 Å². The van der Waals surface area contributed by atoms with E-state index in [1.165, 1.54) is 18.9 Å². The van der Waals surface area contributed by atoms with Crippen LogP contribution in [0.1, 0.15) is 50.0 Å². The molecule has 2 rings (SSSR count). The molecule has 0 bridgehead atoms. The summed E-state index contributed by atoms with van der Waals surface area (Å²) in [7, 11) is 0. The van der Waals surface area contributed by atoms with Crippen LogP contribution in [0.5, 0.6) is 0 Å². The molecule has 0 radical (unpaired) electrons. The van der Waals surface area contributed by atoms with E-state index in [1.807, 2.05) is 0 Å². The molecule has 5 heteroatoms. The lowest BCUT2D eigenvalue weighted by molar-refractivity contribution is 0.0690. The fraction of sp³-hybridized carbons (Fsp3) is 0.571. The predicted molar refractivity (Wildman–Crippen MR) is 75.3 cm³/mol. The summed E-state index contributed by atoms with van der Waals surface area (Å²) in [6, 6.07) is 3.32. The number of carbonyl (C=O) groups is 1. The van der Waals surface area contributed by atoms with Crippen molar-refractivity contribution in [3.63, 3.8) is 0 Å². The summed E-state index contributed by atoms with van der Waals surface area (Å²) in [5, 5.41) is 12.3. The second-order valence-corrected chi connectivity index (χ2v) is 6.04. The zero-order valence-electron chi connectivity index (χ0n) is 11.4. The molecule has 4 N–H and O–H groups in total. The molecule has 1 atom stereocenters. The van der Waals surface area contributed by atoms with Gasteiger partial charge in [-0.1, -0.05) is 20.3 Å². The first kappa shape index (κ1) is 13.6. The van der Waals surface area contributed by atoms with E-state index in [2.05, 4.69) is 24.1 Å². The van der Waals surface area contributed by atoms with Crippen LogP contribution in [0.2, 0.25) is 0 Å². The van der Waals surface area contributed by atoms with Crippen LogP contribution in [0.3, 0.4) is 0 Å². The fourth-order valence-corrected chi connectivity index (χ4v) is 2.72. The summed E-state index contributed by atoms with van der Waals surface area (Å²) in [6.45, 7) is 4.51. The van der Waals surface area contributed by atoms with E-state index < -0.39 is 5.97 Å². The number of pyridine rings is 1. The molecule has 1 aliphatic carbocycles. The zero-order chi connectivity index (χ0) is 14.0. The quantitative estimate of drug-likeness (QED) is 0.780. The number of hydrogen-bond acceptors (Lipinski definition) is 4. The summed E-state index contributed by atoms with van der Waals surface area (Å²) in [6.07, 6.45) is 4.51. The van der Waals surface area contributed by atoms with Crippen LogP contribution in [-0.4, -0.2) is 22.1 Å². The Balaban J connectivity index is 2.14. The van der Waals surface area contributed by atoms with Gasteiger partial charge in [-0.2, -0.15) is 0 Å². The van der Waals surface area contributed by atoms with Gasteiger partial charge in [0.2, 0.25) is 0 Å². The van der Waals surface area contributed by atoms with Gasteiger partial charge in [0, 0.05) is 6.04 Å². The fourth-order valence-electron chi connectivity index (χ4n) is 2.72. The highest BCUT2D eigenvalue weighted by Gasteiger charge is 2.28. The van der Waals surface area contributed by atoms with Gasteiger partial charge in [0.1, 0.15) is 5.82 Å².